The lowest BCUT2D eigenvalue weighted by molar-refractivity contribution is 0.581. The highest BCUT2D eigenvalue weighted by molar-refractivity contribution is 7.89. The summed E-state index contributed by atoms with van der Waals surface area (Å²) < 4.78 is 27.1. The standard InChI is InChI=1S/C17H15NO2S/c19-21(20,16-10-2-1-3-11-16)18-13-15-9-6-8-14-7-4-5-12-17(14)15/h1-12,18H,13H2. The van der Waals surface area contributed by atoms with E-state index in [9.17, 15) is 8.42 Å². The van der Waals surface area contributed by atoms with Gasteiger partial charge in [0.2, 0.25) is 10.0 Å². The van der Waals surface area contributed by atoms with Crippen molar-refractivity contribution in [3.8, 4) is 0 Å². The molecule has 0 aliphatic heterocycles. The highest BCUT2D eigenvalue weighted by atomic mass is 32.2. The van der Waals surface area contributed by atoms with Crippen LogP contribution in [0, 0.1) is 0 Å². The Labute approximate surface area is 124 Å². The summed E-state index contributed by atoms with van der Waals surface area (Å²) in [5, 5.41) is 2.17. The monoisotopic (exact) mass is 297 g/mol. The van der Waals surface area contributed by atoms with Gasteiger partial charge in [-0.05, 0) is 28.5 Å². The molecule has 3 aromatic rings. The summed E-state index contributed by atoms with van der Waals surface area (Å²) in [6, 6.07) is 22.2. The Morgan fingerprint density at radius 3 is 2.24 bits per heavy atom. The molecular formula is C17H15NO2S. The molecule has 0 heterocycles. The summed E-state index contributed by atoms with van der Waals surface area (Å²) >= 11 is 0. The molecule has 0 saturated carbocycles. The lowest BCUT2D eigenvalue weighted by atomic mass is 10.1. The van der Waals surface area contributed by atoms with E-state index in [4.69, 9.17) is 0 Å². The summed E-state index contributed by atoms with van der Waals surface area (Å²) in [4.78, 5) is 0.283. The number of sulfonamides is 1. The fourth-order valence-corrected chi connectivity index (χ4v) is 3.33. The molecule has 0 aromatic heterocycles. The van der Waals surface area contributed by atoms with Gasteiger partial charge in [0.1, 0.15) is 0 Å². The summed E-state index contributed by atoms with van der Waals surface area (Å²) in [6.45, 7) is 0.276. The van der Waals surface area contributed by atoms with Gasteiger partial charge >= 0.3 is 0 Å². The Bertz CT molecular complexity index is 853. The molecule has 0 radical (unpaired) electrons. The third-order valence-electron chi connectivity index (χ3n) is 3.39. The highest BCUT2D eigenvalue weighted by Crippen LogP contribution is 2.19. The van der Waals surface area contributed by atoms with Crippen LogP contribution in [0.2, 0.25) is 0 Å². The van der Waals surface area contributed by atoms with E-state index in [0.717, 1.165) is 16.3 Å². The van der Waals surface area contributed by atoms with Crippen molar-refractivity contribution in [3.63, 3.8) is 0 Å². The molecule has 4 heteroatoms. The van der Waals surface area contributed by atoms with Crippen LogP contribution in [0.4, 0.5) is 0 Å². The molecule has 106 valence electrons. The zero-order valence-electron chi connectivity index (χ0n) is 11.4. The topological polar surface area (TPSA) is 46.2 Å². The number of rotatable bonds is 4. The number of benzene rings is 3. The van der Waals surface area contributed by atoms with Gasteiger partial charge in [0.25, 0.3) is 0 Å². The molecule has 0 saturated heterocycles. The van der Waals surface area contributed by atoms with Crippen molar-refractivity contribution >= 4 is 20.8 Å². The van der Waals surface area contributed by atoms with Crippen LogP contribution in [-0.4, -0.2) is 8.42 Å². The minimum absolute atomic E-state index is 0.276. The number of nitrogens with one attached hydrogen (secondary N) is 1. The van der Waals surface area contributed by atoms with Crippen LogP contribution in [0.1, 0.15) is 5.56 Å². The largest absolute Gasteiger partial charge is 0.240 e. The Morgan fingerprint density at radius 2 is 1.43 bits per heavy atom. The smallest absolute Gasteiger partial charge is 0.207 e. The molecule has 3 nitrogen and oxygen atoms in total. The minimum Gasteiger partial charge on any atom is -0.207 e. The quantitative estimate of drug-likeness (QED) is 0.803. The molecule has 0 aliphatic rings. The van der Waals surface area contributed by atoms with Crippen LogP contribution in [0.5, 0.6) is 0 Å². The third-order valence-corrected chi connectivity index (χ3v) is 4.80. The first-order chi connectivity index (χ1) is 10.2. The Kier molecular flexibility index (Phi) is 3.73. The lowest BCUT2D eigenvalue weighted by Gasteiger charge is -2.09. The minimum atomic E-state index is -3.48. The Hall–Kier alpha value is -2.17. The second-order valence-electron chi connectivity index (χ2n) is 4.78. The highest BCUT2D eigenvalue weighted by Gasteiger charge is 2.13. The van der Waals surface area contributed by atoms with Gasteiger partial charge in [-0.15, -0.1) is 0 Å². The van der Waals surface area contributed by atoms with E-state index in [1.807, 2.05) is 42.5 Å². The van der Waals surface area contributed by atoms with E-state index in [0.29, 0.717) is 0 Å². The third kappa shape index (κ3) is 2.96. The number of fused-ring (bicyclic) bond motifs is 1. The summed E-state index contributed by atoms with van der Waals surface area (Å²) in [6.07, 6.45) is 0. The molecular weight excluding hydrogens is 282 g/mol. The second-order valence-corrected chi connectivity index (χ2v) is 6.54. The first-order valence-electron chi connectivity index (χ1n) is 6.68. The van der Waals surface area contributed by atoms with Gasteiger partial charge < -0.3 is 0 Å². The zero-order valence-corrected chi connectivity index (χ0v) is 12.2. The van der Waals surface area contributed by atoms with Crippen molar-refractivity contribution in [1.29, 1.82) is 0 Å². The van der Waals surface area contributed by atoms with E-state index < -0.39 is 10.0 Å². The molecule has 1 N–H and O–H groups in total. The van der Waals surface area contributed by atoms with Crippen molar-refractivity contribution in [2.45, 2.75) is 11.4 Å². The maximum atomic E-state index is 12.2. The van der Waals surface area contributed by atoms with Crippen molar-refractivity contribution < 1.29 is 8.42 Å². The van der Waals surface area contributed by atoms with E-state index in [1.54, 1.807) is 30.3 Å². The molecule has 21 heavy (non-hydrogen) atoms. The Morgan fingerprint density at radius 1 is 0.762 bits per heavy atom. The van der Waals surface area contributed by atoms with Crippen LogP contribution in [0.25, 0.3) is 10.8 Å². The molecule has 3 rings (SSSR count). The van der Waals surface area contributed by atoms with Gasteiger partial charge in [0.15, 0.2) is 0 Å². The van der Waals surface area contributed by atoms with Gasteiger partial charge in [-0.25, -0.2) is 13.1 Å². The van der Waals surface area contributed by atoms with Crippen LogP contribution < -0.4 is 4.72 Å². The van der Waals surface area contributed by atoms with Crippen LogP contribution >= 0.6 is 0 Å². The van der Waals surface area contributed by atoms with Crippen molar-refractivity contribution in [2.75, 3.05) is 0 Å². The SMILES string of the molecule is O=S(=O)(NCc1cccc2ccccc12)c1ccccc1. The Balaban J connectivity index is 1.87. The summed E-state index contributed by atoms with van der Waals surface area (Å²) in [7, 11) is -3.48. The first kappa shape index (κ1) is 13.8. The molecule has 0 fully saturated rings. The average molecular weight is 297 g/mol. The van der Waals surface area contributed by atoms with E-state index in [1.165, 1.54) is 0 Å². The normalized spacial score (nSPS) is 11.6. The summed E-state index contributed by atoms with van der Waals surface area (Å²) in [5.41, 5.74) is 0.965. The molecule has 0 spiro atoms. The van der Waals surface area contributed by atoms with Crippen LogP contribution in [0.3, 0.4) is 0 Å². The van der Waals surface area contributed by atoms with Crippen LogP contribution in [-0.2, 0) is 16.6 Å². The van der Waals surface area contributed by atoms with Crippen molar-refractivity contribution in [2.24, 2.45) is 0 Å². The maximum Gasteiger partial charge on any atom is 0.240 e. The van der Waals surface area contributed by atoms with Crippen molar-refractivity contribution in [1.82, 2.24) is 4.72 Å². The molecule has 0 aliphatic carbocycles. The average Bonchev–Trinajstić information content (AvgIpc) is 2.54. The molecule has 0 amide bonds. The number of hydrogen-bond donors (Lipinski definition) is 1. The fraction of sp³-hybridized carbons (Fsp3) is 0.0588. The predicted octanol–water partition coefficient (Wildman–Crippen LogP) is 3.32. The van der Waals surface area contributed by atoms with E-state index in [-0.39, 0.29) is 11.4 Å². The molecule has 0 unspecified atom stereocenters. The first-order valence-corrected chi connectivity index (χ1v) is 8.16. The van der Waals surface area contributed by atoms with Gasteiger partial charge in [0, 0.05) is 6.54 Å². The van der Waals surface area contributed by atoms with Gasteiger partial charge in [-0.1, -0.05) is 60.7 Å². The summed E-state index contributed by atoms with van der Waals surface area (Å²) in [5.74, 6) is 0. The van der Waals surface area contributed by atoms with Gasteiger partial charge in [-0.2, -0.15) is 0 Å². The molecule has 0 atom stereocenters. The zero-order chi connectivity index (χ0) is 14.7. The van der Waals surface area contributed by atoms with E-state index >= 15 is 0 Å². The van der Waals surface area contributed by atoms with Crippen molar-refractivity contribution in [3.05, 3.63) is 78.4 Å². The van der Waals surface area contributed by atoms with Gasteiger partial charge in [-0.3, -0.25) is 0 Å². The predicted molar refractivity (Wildman–Crippen MR) is 84.4 cm³/mol. The maximum absolute atomic E-state index is 12.2. The fourth-order valence-electron chi connectivity index (χ4n) is 2.30. The van der Waals surface area contributed by atoms with Crippen LogP contribution in [0.15, 0.2) is 77.7 Å². The number of hydrogen-bond acceptors (Lipinski definition) is 2. The molecule has 0 bridgehead atoms. The van der Waals surface area contributed by atoms with Gasteiger partial charge in [0.05, 0.1) is 4.90 Å². The lowest BCUT2D eigenvalue weighted by Crippen LogP contribution is -2.23. The second kappa shape index (κ2) is 5.68. The molecule has 3 aromatic carbocycles. The van der Waals surface area contributed by atoms with E-state index in [2.05, 4.69) is 4.72 Å².